The molecule has 3 rings (SSSR count). The van der Waals surface area contributed by atoms with Crippen molar-refractivity contribution < 1.29 is 9.72 Å². The van der Waals surface area contributed by atoms with E-state index in [1.165, 1.54) is 0 Å². The molecule has 0 aliphatic carbocycles. The lowest BCUT2D eigenvalue weighted by Gasteiger charge is -2.14. The Labute approximate surface area is 140 Å². The second-order valence-corrected chi connectivity index (χ2v) is 5.35. The Bertz CT molecular complexity index is 913. The van der Waals surface area contributed by atoms with Gasteiger partial charge in [-0.15, -0.1) is 0 Å². The van der Waals surface area contributed by atoms with E-state index >= 15 is 0 Å². The second-order valence-electron chi connectivity index (χ2n) is 5.35. The van der Waals surface area contributed by atoms with E-state index in [-0.39, 0.29) is 5.82 Å². The third kappa shape index (κ3) is 2.66. The van der Waals surface area contributed by atoms with Gasteiger partial charge in [-0.2, -0.15) is 5.26 Å². The summed E-state index contributed by atoms with van der Waals surface area (Å²) >= 11 is 0. The summed E-state index contributed by atoms with van der Waals surface area (Å²) in [6.45, 7) is 1.95. The largest absolute Gasteiger partial charge is 0.497 e. The highest BCUT2D eigenvalue weighted by atomic mass is 16.5. The van der Waals surface area contributed by atoms with Gasteiger partial charge >= 0.3 is 0 Å². The fraction of sp³-hybridized carbons (Fsp3) is 0.105. The number of aromatic nitrogens is 2. The van der Waals surface area contributed by atoms with Crippen molar-refractivity contribution in [3.8, 4) is 34.2 Å². The van der Waals surface area contributed by atoms with Crippen LogP contribution in [0.4, 0.5) is 5.82 Å². The Balaban J connectivity index is 2.26. The summed E-state index contributed by atoms with van der Waals surface area (Å²) in [5.74, 6) is 1.00. The van der Waals surface area contributed by atoms with E-state index in [0.717, 1.165) is 33.7 Å². The molecule has 5 nitrogen and oxygen atoms in total. The molecule has 118 valence electrons. The molecule has 0 unspecified atom stereocenters. The average Bonchev–Trinajstić information content (AvgIpc) is 2.63. The highest BCUT2D eigenvalue weighted by molar-refractivity contribution is 5.83. The Morgan fingerprint density at radius 3 is 2.50 bits per heavy atom. The van der Waals surface area contributed by atoms with Gasteiger partial charge in [-0.3, -0.25) is 0 Å². The van der Waals surface area contributed by atoms with Gasteiger partial charge in [0.2, 0.25) is 0 Å². The maximum atomic E-state index is 9.52. The third-order valence-corrected chi connectivity index (χ3v) is 3.94. The van der Waals surface area contributed by atoms with E-state index in [2.05, 4.69) is 16.0 Å². The summed E-state index contributed by atoms with van der Waals surface area (Å²) in [6, 6.07) is 13.6. The fourth-order valence-corrected chi connectivity index (χ4v) is 2.75. The number of hydrogen-bond donors (Lipinski definition) is 1. The predicted molar refractivity (Wildman–Crippen MR) is 92.1 cm³/mol. The molecular formula is C19H17N4O+. The standard InChI is InChI=1S/C19H16N4O/c1-12-17(14-4-3-9-22-11-14)16(10-20)19(21)23-18(12)13-5-7-15(24-2)8-6-13/h3-9,11H,1-2H3,(H2,21,23)/p+1. The van der Waals surface area contributed by atoms with Crippen LogP contribution in [-0.2, 0) is 0 Å². The minimum atomic E-state index is 0.229. The minimum absolute atomic E-state index is 0.229. The first-order chi connectivity index (χ1) is 11.7. The second kappa shape index (κ2) is 6.39. The van der Waals surface area contributed by atoms with Crippen molar-refractivity contribution in [1.29, 1.82) is 5.26 Å². The normalized spacial score (nSPS) is 10.2. The van der Waals surface area contributed by atoms with E-state index in [0.29, 0.717) is 5.56 Å². The number of nitriles is 1. The van der Waals surface area contributed by atoms with Crippen LogP contribution in [0.25, 0.3) is 22.4 Å². The van der Waals surface area contributed by atoms with Gasteiger partial charge in [0.1, 0.15) is 23.2 Å². The zero-order valence-electron chi connectivity index (χ0n) is 13.5. The predicted octanol–water partition coefficient (Wildman–Crippen LogP) is 3.00. The van der Waals surface area contributed by atoms with Crippen LogP contribution in [0.2, 0.25) is 0 Å². The fourth-order valence-electron chi connectivity index (χ4n) is 2.75. The van der Waals surface area contributed by atoms with E-state index in [1.807, 2.05) is 55.7 Å². The van der Waals surface area contributed by atoms with Gasteiger partial charge in [-0.05, 0) is 42.8 Å². The Hall–Kier alpha value is -3.39. The first-order valence-corrected chi connectivity index (χ1v) is 7.46. The number of pyridine rings is 2. The molecule has 0 spiro atoms. The van der Waals surface area contributed by atoms with Crippen molar-refractivity contribution in [3.63, 3.8) is 0 Å². The molecule has 2 heterocycles. The number of rotatable bonds is 3. The molecule has 0 atom stereocenters. The molecular weight excluding hydrogens is 300 g/mol. The molecule has 5 heteroatoms. The zero-order valence-corrected chi connectivity index (χ0v) is 13.5. The number of nitrogens with one attached hydrogen (secondary N) is 1. The molecule has 0 saturated carbocycles. The molecule has 0 bridgehead atoms. The molecule has 1 aromatic carbocycles. The van der Waals surface area contributed by atoms with E-state index in [9.17, 15) is 5.26 Å². The molecule has 3 aromatic rings. The van der Waals surface area contributed by atoms with Crippen molar-refractivity contribution in [2.24, 2.45) is 0 Å². The number of hydrogen-bond acceptors (Lipinski definition) is 4. The molecule has 0 amide bonds. The molecule has 0 radical (unpaired) electrons. The number of anilines is 1. The average molecular weight is 317 g/mol. The van der Waals surface area contributed by atoms with Crippen LogP contribution in [0.15, 0.2) is 48.8 Å². The van der Waals surface area contributed by atoms with Crippen LogP contribution in [0.1, 0.15) is 11.1 Å². The lowest BCUT2D eigenvalue weighted by Crippen LogP contribution is -2.05. The zero-order chi connectivity index (χ0) is 17.1. The highest BCUT2D eigenvalue weighted by Gasteiger charge is 2.19. The topological polar surface area (TPSA) is 86.1 Å². The quantitative estimate of drug-likeness (QED) is 0.804. The molecule has 24 heavy (non-hydrogen) atoms. The molecule has 0 aliphatic rings. The van der Waals surface area contributed by atoms with Crippen LogP contribution in [0.3, 0.4) is 0 Å². The monoisotopic (exact) mass is 317 g/mol. The van der Waals surface area contributed by atoms with Crippen molar-refractivity contribution in [3.05, 3.63) is 59.9 Å². The number of nitrogens with zero attached hydrogens (tertiary/aromatic N) is 2. The number of aromatic amines is 1. The van der Waals surface area contributed by atoms with Gasteiger partial charge in [-0.25, -0.2) is 9.97 Å². The van der Waals surface area contributed by atoms with Crippen molar-refractivity contribution in [1.82, 2.24) is 4.98 Å². The van der Waals surface area contributed by atoms with Gasteiger partial charge in [0.25, 0.3) is 0 Å². The first kappa shape index (κ1) is 15.5. The Kier molecular flexibility index (Phi) is 4.13. The van der Waals surface area contributed by atoms with Crippen LogP contribution >= 0.6 is 0 Å². The lowest BCUT2D eigenvalue weighted by molar-refractivity contribution is -0.377. The third-order valence-electron chi connectivity index (χ3n) is 3.94. The van der Waals surface area contributed by atoms with Gasteiger partial charge in [0, 0.05) is 22.8 Å². The van der Waals surface area contributed by atoms with Crippen LogP contribution in [0.5, 0.6) is 5.75 Å². The molecule has 0 fully saturated rings. The van der Waals surface area contributed by atoms with Gasteiger partial charge < -0.3 is 10.5 Å². The Morgan fingerprint density at radius 2 is 1.92 bits per heavy atom. The number of H-pyrrole nitrogens is 1. The number of nitrogen functional groups attached to an aromatic ring is 1. The van der Waals surface area contributed by atoms with Gasteiger partial charge in [-0.1, -0.05) is 0 Å². The maximum absolute atomic E-state index is 9.52. The summed E-state index contributed by atoms with van der Waals surface area (Å²) < 4.78 is 5.20. The minimum Gasteiger partial charge on any atom is -0.497 e. The lowest BCUT2D eigenvalue weighted by atomic mass is 9.93. The molecule has 2 aromatic heterocycles. The van der Waals surface area contributed by atoms with Crippen LogP contribution in [0, 0.1) is 18.3 Å². The first-order valence-electron chi connectivity index (χ1n) is 7.46. The Morgan fingerprint density at radius 1 is 1.17 bits per heavy atom. The summed E-state index contributed by atoms with van der Waals surface area (Å²) in [5.41, 5.74) is 10.7. The van der Waals surface area contributed by atoms with E-state index < -0.39 is 0 Å². The van der Waals surface area contributed by atoms with Crippen LogP contribution in [-0.4, -0.2) is 12.1 Å². The van der Waals surface area contributed by atoms with E-state index in [1.54, 1.807) is 7.11 Å². The molecule has 3 N–H and O–H groups in total. The van der Waals surface area contributed by atoms with Gasteiger partial charge in [0.15, 0.2) is 12.4 Å². The number of ether oxygens (including phenoxy) is 1. The SMILES string of the molecule is COc1ccc(-c2nc(N)c(C#N)c(-c3ccc[nH+]c3)c2C)cc1. The highest BCUT2D eigenvalue weighted by Crippen LogP contribution is 2.35. The summed E-state index contributed by atoms with van der Waals surface area (Å²) in [4.78, 5) is 7.50. The van der Waals surface area contributed by atoms with Crippen LogP contribution < -0.4 is 15.5 Å². The number of methoxy groups -OCH3 is 1. The van der Waals surface area contributed by atoms with Crippen molar-refractivity contribution in [2.45, 2.75) is 6.92 Å². The summed E-state index contributed by atoms with van der Waals surface area (Å²) in [5, 5.41) is 9.52. The molecule has 0 aliphatic heterocycles. The number of benzene rings is 1. The smallest absolute Gasteiger partial charge is 0.174 e. The molecule has 0 saturated heterocycles. The van der Waals surface area contributed by atoms with Crippen molar-refractivity contribution in [2.75, 3.05) is 12.8 Å². The summed E-state index contributed by atoms with van der Waals surface area (Å²) in [6.07, 6.45) is 3.67. The maximum Gasteiger partial charge on any atom is 0.174 e. The summed E-state index contributed by atoms with van der Waals surface area (Å²) in [7, 11) is 1.63. The van der Waals surface area contributed by atoms with Gasteiger partial charge in [0.05, 0.1) is 12.8 Å². The van der Waals surface area contributed by atoms with E-state index in [4.69, 9.17) is 10.5 Å². The number of nitrogens with two attached hydrogens (primary N) is 1. The van der Waals surface area contributed by atoms with Crippen molar-refractivity contribution >= 4 is 5.82 Å².